The number of furan rings is 1. The second-order valence-electron chi connectivity index (χ2n) is 4.91. The largest absolute Gasteiger partial charge is 0.472 e. The molecular weight excluding hydrogens is 228 g/mol. The number of nitrogens with zero attached hydrogens (tertiary/aromatic N) is 1. The predicted molar refractivity (Wildman–Crippen MR) is 70.5 cm³/mol. The second-order valence-corrected chi connectivity index (χ2v) is 4.91. The highest BCUT2D eigenvalue weighted by atomic mass is 16.3. The van der Waals surface area contributed by atoms with E-state index in [4.69, 9.17) is 4.42 Å². The number of hydrogen-bond donors (Lipinski definition) is 1. The van der Waals surface area contributed by atoms with Crippen LogP contribution in [0.1, 0.15) is 43.0 Å². The van der Waals surface area contributed by atoms with Gasteiger partial charge in [0.15, 0.2) is 0 Å². The van der Waals surface area contributed by atoms with Crippen LogP contribution in [0.5, 0.6) is 0 Å². The highest BCUT2D eigenvalue weighted by molar-refractivity contribution is 5.93. The molecule has 1 aliphatic rings. The Labute approximate surface area is 108 Å². The van der Waals surface area contributed by atoms with E-state index in [0.29, 0.717) is 11.6 Å². The summed E-state index contributed by atoms with van der Waals surface area (Å²) in [6, 6.07) is 2.20. The molecule has 2 rings (SSSR count). The third kappa shape index (κ3) is 3.35. The van der Waals surface area contributed by atoms with E-state index in [1.54, 1.807) is 12.3 Å². The summed E-state index contributed by atoms with van der Waals surface area (Å²) in [6.07, 6.45) is 7.62. The maximum absolute atomic E-state index is 12.3. The molecule has 100 valence electrons. The molecule has 1 aromatic rings. The monoisotopic (exact) mass is 250 g/mol. The smallest absolute Gasteiger partial charge is 0.257 e. The molecule has 4 nitrogen and oxygen atoms in total. The molecule has 18 heavy (non-hydrogen) atoms. The molecule has 2 heterocycles. The molecule has 0 aromatic carbocycles. The van der Waals surface area contributed by atoms with Crippen LogP contribution in [-0.4, -0.2) is 36.5 Å². The van der Waals surface area contributed by atoms with Crippen molar-refractivity contribution in [2.75, 3.05) is 19.6 Å². The van der Waals surface area contributed by atoms with Crippen molar-refractivity contribution in [3.63, 3.8) is 0 Å². The molecule has 0 aliphatic carbocycles. The first-order chi connectivity index (χ1) is 8.81. The Hall–Kier alpha value is -1.29. The summed E-state index contributed by atoms with van der Waals surface area (Å²) in [7, 11) is 0. The van der Waals surface area contributed by atoms with Crippen LogP contribution in [0.3, 0.4) is 0 Å². The van der Waals surface area contributed by atoms with Crippen molar-refractivity contribution in [3.05, 3.63) is 24.2 Å². The summed E-state index contributed by atoms with van der Waals surface area (Å²) in [6.45, 7) is 4.86. The molecule has 0 saturated carbocycles. The van der Waals surface area contributed by atoms with E-state index >= 15 is 0 Å². The van der Waals surface area contributed by atoms with E-state index in [0.717, 1.165) is 32.5 Å². The maximum Gasteiger partial charge on any atom is 0.257 e. The number of hydrogen-bond acceptors (Lipinski definition) is 3. The first-order valence-electron chi connectivity index (χ1n) is 6.86. The average molecular weight is 250 g/mol. The van der Waals surface area contributed by atoms with Gasteiger partial charge in [-0.15, -0.1) is 0 Å². The number of nitrogens with one attached hydrogen (secondary N) is 1. The van der Waals surface area contributed by atoms with Crippen LogP contribution in [0.15, 0.2) is 23.0 Å². The van der Waals surface area contributed by atoms with E-state index in [9.17, 15) is 4.79 Å². The number of carbonyl (C=O) groups is 1. The third-order valence-electron chi connectivity index (χ3n) is 3.44. The molecule has 1 aliphatic heterocycles. The van der Waals surface area contributed by atoms with Crippen molar-refractivity contribution in [1.29, 1.82) is 0 Å². The van der Waals surface area contributed by atoms with E-state index in [1.165, 1.54) is 19.1 Å². The maximum atomic E-state index is 12.3. The van der Waals surface area contributed by atoms with Crippen LogP contribution >= 0.6 is 0 Å². The molecule has 1 fully saturated rings. The van der Waals surface area contributed by atoms with Crippen molar-refractivity contribution >= 4 is 5.91 Å². The van der Waals surface area contributed by atoms with Gasteiger partial charge in [0.05, 0.1) is 11.8 Å². The Kier molecular flexibility index (Phi) is 4.81. The van der Waals surface area contributed by atoms with Gasteiger partial charge in [-0.05, 0) is 31.9 Å². The number of rotatable bonds is 6. The zero-order valence-corrected chi connectivity index (χ0v) is 11.0. The first kappa shape index (κ1) is 13.1. The Morgan fingerprint density at radius 2 is 2.50 bits per heavy atom. The van der Waals surface area contributed by atoms with Gasteiger partial charge in [-0.1, -0.05) is 13.3 Å². The van der Waals surface area contributed by atoms with Gasteiger partial charge in [0.2, 0.25) is 0 Å². The molecule has 1 atom stereocenters. The number of carbonyl (C=O) groups excluding carboxylic acids is 1. The van der Waals surface area contributed by atoms with Gasteiger partial charge in [0.25, 0.3) is 5.91 Å². The minimum absolute atomic E-state index is 0.0888. The molecule has 0 bridgehead atoms. The lowest BCUT2D eigenvalue weighted by Crippen LogP contribution is -2.41. The van der Waals surface area contributed by atoms with Crippen LogP contribution in [0.25, 0.3) is 0 Å². The lowest BCUT2D eigenvalue weighted by atomic mass is 10.2. The Bertz CT molecular complexity index is 356. The molecule has 0 spiro atoms. The summed E-state index contributed by atoms with van der Waals surface area (Å²) in [5, 5.41) is 3.45. The quantitative estimate of drug-likeness (QED) is 0.842. The molecule has 1 saturated heterocycles. The molecule has 1 N–H and O–H groups in total. The van der Waals surface area contributed by atoms with Crippen LogP contribution in [-0.2, 0) is 0 Å². The highest BCUT2D eigenvalue weighted by Gasteiger charge is 2.22. The van der Waals surface area contributed by atoms with Gasteiger partial charge < -0.3 is 14.6 Å². The fraction of sp³-hybridized carbons (Fsp3) is 0.643. The molecule has 1 amide bonds. The Morgan fingerprint density at radius 1 is 1.61 bits per heavy atom. The minimum Gasteiger partial charge on any atom is -0.472 e. The summed E-state index contributed by atoms with van der Waals surface area (Å²) in [5.74, 6) is 0.0888. The van der Waals surface area contributed by atoms with Crippen molar-refractivity contribution in [3.8, 4) is 0 Å². The Balaban J connectivity index is 1.96. The topological polar surface area (TPSA) is 45.5 Å². The standard InChI is InChI=1S/C14H22N2O2/c1-2-3-8-16(10-13-5-4-7-15-13)14(17)12-6-9-18-11-12/h6,9,11,13,15H,2-5,7-8,10H2,1H3. The van der Waals surface area contributed by atoms with Gasteiger partial charge in [-0.25, -0.2) is 0 Å². The van der Waals surface area contributed by atoms with Crippen LogP contribution in [0.4, 0.5) is 0 Å². The Morgan fingerprint density at radius 3 is 3.11 bits per heavy atom. The van der Waals surface area contributed by atoms with Gasteiger partial charge >= 0.3 is 0 Å². The zero-order chi connectivity index (χ0) is 12.8. The number of unbranched alkanes of at least 4 members (excludes halogenated alkanes) is 1. The lowest BCUT2D eigenvalue weighted by molar-refractivity contribution is 0.0739. The summed E-state index contributed by atoms with van der Waals surface area (Å²) >= 11 is 0. The van der Waals surface area contributed by atoms with Gasteiger partial charge in [-0.3, -0.25) is 4.79 Å². The van der Waals surface area contributed by atoms with E-state index in [-0.39, 0.29) is 5.91 Å². The minimum atomic E-state index is 0.0888. The third-order valence-corrected chi connectivity index (χ3v) is 3.44. The molecular formula is C14H22N2O2. The van der Waals surface area contributed by atoms with Gasteiger partial charge in [0.1, 0.15) is 6.26 Å². The van der Waals surface area contributed by atoms with Crippen molar-refractivity contribution in [1.82, 2.24) is 10.2 Å². The fourth-order valence-corrected chi connectivity index (χ4v) is 2.37. The summed E-state index contributed by atoms with van der Waals surface area (Å²) < 4.78 is 5.00. The summed E-state index contributed by atoms with van der Waals surface area (Å²) in [4.78, 5) is 14.3. The fourth-order valence-electron chi connectivity index (χ4n) is 2.37. The normalized spacial score (nSPS) is 19.1. The van der Waals surface area contributed by atoms with Crippen LogP contribution in [0.2, 0.25) is 0 Å². The zero-order valence-electron chi connectivity index (χ0n) is 11.0. The van der Waals surface area contributed by atoms with E-state index < -0.39 is 0 Å². The number of amides is 1. The predicted octanol–water partition coefficient (Wildman–Crippen LogP) is 2.27. The van der Waals surface area contributed by atoms with Gasteiger partial charge in [0, 0.05) is 19.1 Å². The average Bonchev–Trinajstić information content (AvgIpc) is 3.06. The van der Waals surface area contributed by atoms with Crippen molar-refractivity contribution in [2.45, 2.75) is 38.6 Å². The van der Waals surface area contributed by atoms with E-state index in [1.807, 2.05) is 4.90 Å². The van der Waals surface area contributed by atoms with Crippen LogP contribution in [0, 0.1) is 0 Å². The van der Waals surface area contributed by atoms with Crippen molar-refractivity contribution < 1.29 is 9.21 Å². The highest BCUT2D eigenvalue weighted by Crippen LogP contribution is 2.12. The second kappa shape index (κ2) is 6.59. The molecule has 4 heteroatoms. The molecule has 1 aromatic heterocycles. The molecule has 1 unspecified atom stereocenters. The van der Waals surface area contributed by atoms with Gasteiger partial charge in [-0.2, -0.15) is 0 Å². The summed E-state index contributed by atoms with van der Waals surface area (Å²) in [5.41, 5.74) is 0.657. The first-order valence-corrected chi connectivity index (χ1v) is 6.86. The SMILES string of the molecule is CCCCN(CC1CCCN1)C(=O)c1ccoc1. The lowest BCUT2D eigenvalue weighted by Gasteiger charge is -2.25. The van der Waals surface area contributed by atoms with E-state index in [2.05, 4.69) is 12.2 Å². The van der Waals surface area contributed by atoms with Crippen LogP contribution < -0.4 is 5.32 Å². The van der Waals surface area contributed by atoms with Crippen molar-refractivity contribution in [2.24, 2.45) is 0 Å². The molecule has 0 radical (unpaired) electrons.